The minimum atomic E-state index is -0.506. The first-order valence-corrected chi connectivity index (χ1v) is 8.38. The van der Waals surface area contributed by atoms with Gasteiger partial charge in [0.1, 0.15) is 18.0 Å². The molecular weight excluding hydrogens is 324 g/mol. The molecule has 136 valence electrons. The molecular formula is C18H24N2O5. The van der Waals surface area contributed by atoms with Gasteiger partial charge < -0.3 is 24.0 Å². The number of carbonyl (C=O) groups excluding carboxylic acids is 2. The Hall–Kier alpha value is -2.44. The number of piperazine rings is 1. The quantitative estimate of drug-likeness (QED) is 0.726. The van der Waals surface area contributed by atoms with Crippen LogP contribution in [0.3, 0.4) is 0 Å². The molecule has 0 radical (unpaired) electrons. The molecule has 1 saturated heterocycles. The lowest BCUT2D eigenvalue weighted by molar-refractivity contribution is 0.0194. The molecule has 7 nitrogen and oxygen atoms in total. The molecule has 2 heterocycles. The van der Waals surface area contributed by atoms with Gasteiger partial charge in [-0.3, -0.25) is 0 Å². The molecule has 25 heavy (non-hydrogen) atoms. The van der Waals surface area contributed by atoms with Crippen LogP contribution in [0.5, 0.6) is 5.75 Å². The van der Waals surface area contributed by atoms with E-state index in [9.17, 15) is 9.59 Å². The molecule has 1 amide bonds. The SMILES string of the molecule is COC(=O)c1ccc2c(c1)OC[C@H]1CN(C(=O)OC(C)(C)C)CCN21. The number of carbonyl (C=O) groups is 2. The lowest BCUT2D eigenvalue weighted by atomic mass is 10.1. The summed E-state index contributed by atoms with van der Waals surface area (Å²) in [6, 6.07) is 5.38. The number of hydrogen-bond acceptors (Lipinski definition) is 6. The molecule has 0 N–H and O–H groups in total. The zero-order chi connectivity index (χ0) is 18.2. The van der Waals surface area contributed by atoms with Crippen LogP contribution in [0.15, 0.2) is 18.2 Å². The van der Waals surface area contributed by atoms with Gasteiger partial charge in [-0.05, 0) is 39.0 Å². The lowest BCUT2D eigenvalue weighted by Crippen LogP contribution is -2.59. The third kappa shape index (κ3) is 3.65. The van der Waals surface area contributed by atoms with Gasteiger partial charge >= 0.3 is 12.1 Å². The molecule has 2 aliphatic rings. The lowest BCUT2D eigenvalue weighted by Gasteiger charge is -2.45. The van der Waals surface area contributed by atoms with Gasteiger partial charge in [-0.1, -0.05) is 0 Å². The Labute approximate surface area is 147 Å². The molecule has 3 rings (SSSR count). The molecule has 0 unspecified atom stereocenters. The second kappa shape index (κ2) is 6.46. The summed E-state index contributed by atoms with van der Waals surface area (Å²) in [5, 5.41) is 0. The van der Waals surface area contributed by atoms with Crippen molar-refractivity contribution in [2.24, 2.45) is 0 Å². The average Bonchev–Trinajstić information content (AvgIpc) is 2.58. The zero-order valence-electron chi connectivity index (χ0n) is 15.1. The summed E-state index contributed by atoms with van der Waals surface area (Å²) in [5.74, 6) is 0.285. The first-order chi connectivity index (χ1) is 11.8. The van der Waals surface area contributed by atoms with Gasteiger partial charge in [0.05, 0.1) is 24.4 Å². The molecule has 0 spiro atoms. The van der Waals surface area contributed by atoms with E-state index in [2.05, 4.69) is 4.90 Å². The highest BCUT2D eigenvalue weighted by molar-refractivity contribution is 5.91. The highest BCUT2D eigenvalue weighted by Crippen LogP contribution is 2.36. The van der Waals surface area contributed by atoms with E-state index in [0.717, 1.165) is 5.69 Å². The minimum Gasteiger partial charge on any atom is -0.489 e. The maximum absolute atomic E-state index is 12.3. The smallest absolute Gasteiger partial charge is 0.410 e. The van der Waals surface area contributed by atoms with E-state index < -0.39 is 5.60 Å². The van der Waals surface area contributed by atoms with Crippen molar-refractivity contribution in [2.75, 3.05) is 38.3 Å². The van der Waals surface area contributed by atoms with Crippen LogP contribution in [-0.4, -0.2) is 62.0 Å². The van der Waals surface area contributed by atoms with Crippen LogP contribution < -0.4 is 9.64 Å². The van der Waals surface area contributed by atoms with Crippen LogP contribution in [0.1, 0.15) is 31.1 Å². The van der Waals surface area contributed by atoms with Crippen molar-refractivity contribution < 1.29 is 23.8 Å². The van der Waals surface area contributed by atoms with Crippen molar-refractivity contribution in [3.05, 3.63) is 23.8 Å². The molecule has 0 saturated carbocycles. The van der Waals surface area contributed by atoms with E-state index in [-0.39, 0.29) is 18.1 Å². The monoisotopic (exact) mass is 348 g/mol. The second-order valence-corrected chi connectivity index (χ2v) is 7.26. The fourth-order valence-electron chi connectivity index (χ4n) is 3.11. The number of benzene rings is 1. The average molecular weight is 348 g/mol. The molecule has 0 aliphatic carbocycles. The van der Waals surface area contributed by atoms with E-state index in [1.54, 1.807) is 17.0 Å². The van der Waals surface area contributed by atoms with Crippen LogP contribution in [0.4, 0.5) is 10.5 Å². The molecule has 2 aliphatic heterocycles. The summed E-state index contributed by atoms with van der Waals surface area (Å²) in [7, 11) is 1.36. The second-order valence-electron chi connectivity index (χ2n) is 7.26. The highest BCUT2D eigenvalue weighted by atomic mass is 16.6. The fraction of sp³-hybridized carbons (Fsp3) is 0.556. The highest BCUT2D eigenvalue weighted by Gasteiger charge is 2.36. The number of rotatable bonds is 1. The molecule has 0 aromatic heterocycles. The Morgan fingerprint density at radius 1 is 1.24 bits per heavy atom. The predicted octanol–water partition coefficient (Wildman–Crippen LogP) is 2.29. The summed E-state index contributed by atoms with van der Waals surface area (Å²) in [4.78, 5) is 27.9. The number of methoxy groups -OCH3 is 1. The number of anilines is 1. The summed E-state index contributed by atoms with van der Waals surface area (Å²) >= 11 is 0. The van der Waals surface area contributed by atoms with Gasteiger partial charge in [0.2, 0.25) is 0 Å². The van der Waals surface area contributed by atoms with E-state index in [1.807, 2.05) is 26.8 Å². The van der Waals surface area contributed by atoms with Gasteiger partial charge in [0.25, 0.3) is 0 Å². The van der Waals surface area contributed by atoms with E-state index >= 15 is 0 Å². The molecule has 1 atom stereocenters. The third-order valence-electron chi connectivity index (χ3n) is 4.26. The number of ether oxygens (including phenoxy) is 3. The van der Waals surface area contributed by atoms with Crippen LogP contribution >= 0.6 is 0 Å². The molecule has 0 bridgehead atoms. The van der Waals surface area contributed by atoms with Crippen molar-refractivity contribution in [1.29, 1.82) is 0 Å². The summed E-state index contributed by atoms with van der Waals surface area (Å²) in [6.45, 7) is 7.87. The van der Waals surface area contributed by atoms with Crippen LogP contribution in [0.2, 0.25) is 0 Å². The van der Waals surface area contributed by atoms with Gasteiger partial charge in [-0.2, -0.15) is 0 Å². The predicted molar refractivity (Wildman–Crippen MR) is 92.2 cm³/mol. The number of amides is 1. The van der Waals surface area contributed by atoms with Crippen LogP contribution in [-0.2, 0) is 9.47 Å². The number of hydrogen-bond donors (Lipinski definition) is 0. The largest absolute Gasteiger partial charge is 0.489 e. The maximum Gasteiger partial charge on any atom is 0.410 e. The van der Waals surface area contributed by atoms with Gasteiger partial charge in [-0.25, -0.2) is 9.59 Å². The standard InChI is InChI=1S/C18H24N2O5/c1-18(2,3)25-17(22)19-7-8-20-13(10-19)11-24-15-9-12(16(21)23-4)5-6-14(15)20/h5-6,9,13H,7-8,10-11H2,1-4H3/t13-/m1/s1. The van der Waals surface area contributed by atoms with Crippen molar-refractivity contribution in [3.63, 3.8) is 0 Å². The molecule has 1 aromatic rings. The zero-order valence-corrected chi connectivity index (χ0v) is 15.1. The normalized spacial score (nSPS) is 19.4. The Morgan fingerprint density at radius 3 is 2.68 bits per heavy atom. The van der Waals surface area contributed by atoms with E-state index in [4.69, 9.17) is 14.2 Å². The summed E-state index contributed by atoms with van der Waals surface area (Å²) in [6.07, 6.45) is -0.293. The number of fused-ring (bicyclic) bond motifs is 3. The van der Waals surface area contributed by atoms with Crippen molar-refractivity contribution in [2.45, 2.75) is 32.4 Å². The Balaban J connectivity index is 1.72. The first kappa shape index (κ1) is 17.4. The first-order valence-electron chi connectivity index (χ1n) is 8.38. The van der Waals surface area contributed by atoms with E-state index in [0.29, 0.717) is 37.6 Å². The molecule has 1 fully saturated rings. The Kier molecular flexibility index (Phi) is 4.49. The molecule has 7 heteroatoms. The number of nitrogens with zero attached hydrogens (tertiary/aromatic N) is 2. The maximum atomic E-state index is 12.3. The summed E-state index contributed by atoms with van der Waals surface area (Å²) in [5.41, 5.74) is 0.897. The Bertz CT molecular complexity index is 683. The fourth-order valence-corrected chi connectivity index (χ4v) is 3.11. The van der Waals surface area contributed by atoms with Gasteiger partial charge in [0, 0.05) is 19.6 Å². The van der Waals surface area contributed by atoms with Crippen LogP contribution in [0.25, 0.3) is 0 Å². The van der Waals surface area contributed by atoms with Crippen LogP contribution in [0, 0.1) is 0 Å². The summed E-state index contributed by atoms with van der Waals surface area (Å²) < 4.78 is 16.0. The topological polar surface area (TPSA) is 68.3 Å². The Morgan fingerprint density at radius 2 is 2.00 bits per heavy atom. The molecule has 1 aromatic carbocycles. The third-order valence-corrected chi connectivity index (χ3v) is 4.26. The number of esters is 1. The van der Waals surface area contributed by atoms with Gasteiger partial charge in [0.15, 0.2) is 0 Å². The van der Waals surface area contributed by atoms with Crippen molar-refractivity contribution in [1.82, 2.24) is 4.90 Å². The minimum absolute atomic E-state index is 0.0674. The van der Waals surface area contributed by atoms with Gasteiger partial charge in [-0.15, -0.1) is 0 Å². The van der Waals surface area contributed by atoms with Crippen molar-refractivity contribution >= 4 is 17.7 Å². The van der Waals surface area contributed by atoms with E-state index in [1.165, 1.54) is 7.11 Å². The van der Waals surface area contributed by atoms with Crippen molar-refractivity contribution in [3.8, 4) is 5.75 Å².